The Labute approximate surface area is 142 Å². The fourth-order valence-electron chi connectivity index (χ4n) is 2.48. The van der Waals surface area contributed by atoms with Gasteiger partial charge >= 0.3 is 0 Å². The van der Waals surface area contributed by atoms with Crippen LogP contribution in [0.15, 0.2) is 59.1 Å². The average Bonchev–Trinajstić information content (AvgIpc) is 3.23. The minimum absolute atomic E-state index is 0.220. The van der Waals surface area contributed by atoms with Gasteiger partial charge in [0.15, 0.2) is 15.7 Å². The first-order chi connectivity index (χ1) is 11.5. The molecule has 0 radical (unpaired) electrons. The highest BCUT2D eigenvalue weighted by Gasteiger charge is 2.17. The Morgan fingerprint density at radius 1 is 1.08 bits per heavy atom. The molecule has 3 aromatic heterocycles. The number of rotatable bonds is 3. The van der Waals surface area contributed by atoms with Gasteiger partial charge in [0.2, 0.25) is 0 Å². The van der Waals surface area contributed by atoms with E-state index in [-0.39, 0.29) is 4.90 Å². The predicted octanol–water partition coefficient (Wildman–Crippen LogP) is 2.95. The first kappa shape index (κ1) is 15.0. The molecule has 8 heteroatoms. The number of fused-ring (bicyclic) bond motifs is 1. The third-order valence-corrected chi connectivity index (χ3v) is 5.57. The van der Waals surface area contributed by atoms with Gasteiger partial charge in [0, 0.05) is 6.26 Å². The van der Waals surface area contributed by atoms with Crippen LogP contribution in [-0.2, 0) is 9.84 Å². The third-order valence-electron chi connectivity index (χ3n) is 3.56. The maximum atomic E-state index is 12.0. The Morgan fingerprint density at radius 3 is 2.67 bits per heavy atom. The van der Waals surface area contributed by atoms with Gasteiger partial charge in [-0.05, 0) is 23.6 Å². The lowest BCUT2D eigenvalue weighted by atomic mass is 10.3. The van der Waals surface area contributed by atoms with Gasteiger partial charge < -0.3 is 0 Å². The molecule has 4 rings (SSSR count). The van der Waals surface area contributed by atoms with Crippen LogP contribution in [0.4, 0.5) is 0 Å². The molecule has 24 heavy (non-hydrogen) atoms. The van der Waals surface area contributed by atoms with Gasteiger partial charge in [0.1, 0.15) is 11.0 Å². The summed E-state index contributed by atoms with van der Waals surface area (Å²) in [6.07, 6.45) is 4.47. The van der Waals surface area contributed by atoms with Crippen LogP contribution in [0.3, 0.4) is 0 Å². The molecule has 0 aliphatic rings. The van der Waals surface area contributed by atoms with Crippen molar-refractivity contribution in [1.82, 2.24) is 19.7 Å². The Bertz CT molecular complexity index is 1130. The zero-order valence-electron chi connectivity index (χ0n) is 12.6. The van der Waals surface area contributed by atoms with Crippen LogP contribution in [0.25, 0.3) is 27.4 Å². The van der Waals surface area contributed by atoms with Crippen molar-refractivity contribution in [2.24, 2.45) is 0 Å². The van der Waals surface area contributed by atoms with E-state index in [4.69, 9.17) is 0 Å². The standard InChI is InChI=1S/C16H12N4O2S2/c1-24(21,22)15-7-3-2-5-12(15)20-13-10-17-16(14-6-4-8-23-14)19-11(13)9-18-20/h2-10H,1H3. The molecule has 0 bridgehead atoms. The highest BCUT2D eigenvalue weighted by Crippen LogP contribution is 2.26. The van der Waals surface area contributed by atoms with E-state index in [9.17, 15) is 8.42 Å². The lowest BCUT2D eigenvalue weighted by molar-refractivity contribution is 0.601. The molecular weight excluding hydrogens is 344 g/mol. The van der Waals surface area contributed by atoms with Crippen molar-refractivity contribution in [3.05, 3.63) is 54.2 Å². The highest BCUT2D eigenvalue weighted by molar-refractivity contribution is 7.90. The van der Waals surface area contributed by atoms with Gasteiger partial charge in [-0.2, -0.15) is 5.10 Å². The van der Waals surface area contributed by atoms with Crippen molar-refractivity contribution in [2.45, 2.75) is 4.90 Å². The molecule has 0 aliphatic carbocycles. The molecule has 0 saturated heterocycles. The van der Waals surface area contributed by atoms with Crippen LogP contribution in [0.1, 0.15) is 0 Å². The van der Waals surface area contributed by atoms with Gasteiger partial charge in [-0.25, -0.2) is 23.1 Å². The van der Waals surface area contributed by atoms with Gasteiger partial charge in [-0.3, -0.25) is 0 Å². The summed E-state index contributed by atoms with van der Waals surface area (Å²) in [6, 6.07) is 10.7. The molecular formula is C16H12N4O2S2. The van der Waals surface area contributed by atoms with E-state index in [0.29, 0.717) is 22.5 Å². The molecule has 0 N–H and O–H groups in total. The number of sulfone groups is 1. The SMILES string of the molecule is CS(=O)(=O)c1ccccc1-n1ncc2nc(-c3cccs3)ncc21. The molecule has 4 aromatic rings. The zero-order valence-corrected chi connectivity index (χ0v) is 14.3. The Balaban J connectivity index is 1.91. The van der Waals surface area contributed by atoms with E-state index in [1.54, 1.807) is 52.7 Å². The Kier molecular flexibility index (Phi) is 3.43. The number of thiophene rings is 1. The van der Waals surface area contributed by atoms with Crippen molar-refractivity contribution in [3.8, 4) is 16.4 Å². The second kappa shape index (κ2) is 5.50. The number of hydrogen-bond acceptors (Lipinski definition) is 6. The number of hydrogen-bond donors (Lipinski definition) is 0. The second-order valence-electron chi connectivity index (χ2n) is 5.24. The van der Waals surface area contributed by atoms with Crippen LogP contribution in [0.5, 0.6) is 0 Å². The summed E-state index contributed by atoms with van der Waals surface area (Å²) in [5.41, 5.74) is 1.81. The molecule has 0 fully saturated rings. The predicted molar refractivity (Wildman–Crippen MR) is 93.1 cm³/mol. The summed E-state index contributed by atoms with van der Waals surface area (Å²) in [4.78, 5) is 10.1. The lowest BCUT2D eigenvalue weighted by Gasteiger charge is -2.08. The van der Waals surface area contributed by atoms with Gasteiger partial charge in [0.05, 0.1) is 27.9 Å². The maximum Gasteiger partial charge on any atom is 0.177 e. The minimum Gasteiger partial charge on any atom is -0.234 e. The third kappa shape index (κ3) is 2.49. The fourth-order valence-corrected chi connectivity index (χ4v) is 4.01. The Morgan fingerprint density at radius 2 is 1.92 bits per heavy atom. The molecule has 6 nitrogen and oxygen atoms in total. The number of aromatic nitrogens is 4. The molecule has 0 spiro atoms. The topological polar surface area (TPSA) is 77.7 Å². The molecule has 120 valence electrons. The summed E-state index contributed by atoms with van der Waals surface area (Å²) in [6.45, 7) is 0. The molecule has 0 aliphatic heterocycles. The normalized spacial score (nSPS) is 11.9. The number of benzene rings is 1. The highest BCUT2D eigenvalue weighted by atomic mass is 32.2. The van der Waals surface area contributed by atoms with Crippen molar-refractivity contribution in [1.29, 1.82) is 0 Å². The van der Waals surface area contributed by atoms with E-state index >= 15 is 0 Å². The second-order valence-corrected chi connectivity index (χ2v) is 8.17. The first-order valence-corrected chi connectivity index (χ1v) is 9.85. The fraction of sp³-hybridized carbons (Fsp3) is 0.0625. The lowest BCUT2D eigenvalue weighted by Crippen LogP contribution is -2.06. The van der Waals surface area contributed by atoms with E-state index in [1.165, 1.54) is 6.26 Å². The summed E-state index contributed by atoms with van der Waals surface area (Å²) < 4.78 is 25.6. The quantitative estimate of drug-likeness (QED) is 0.564. The van der Waals surface area contributed by atoms with Crippen LogP contribution >= 0.6 is 11.3 Å². The van der Waals surface area contributed by atoms with Crippen molar-refractivity contribution in [3.63, 3.8) is 0 Å². The molecule has 0 saturated carbocycles. The van der Waals surface area contributed by atoms with Crippen molar-refractivity contribution >= 4 is 32.2 Å². The molecule has 3 heterocycles. The summed E-state index contributed by atoms with van der Waals surface area (Å²) in [7, 11) is -3.37. The summed E-state index contributed by atoms with van der Waals surface area (Å²) in [5, 5.41) is 6.28. The molecule has 0 atom stereocenters. The van der Waals surface area contributed by atoms with E-state index in [1.807, 2.05) is 17.5 Å². The van der Waals surface area contributed by atoms with Crippen molar-refractivity contribution < 1.29 is 8.42 Å². The van der Waals surface area contributed by atoms with Crippen LogP contribution in [-0.4, -0.2) is 34.4 Å². The van der Waals surface area contributed by atoms with Crippen molar-refractivity contribution in [2.75, 3.05) is 6.26 Å². The zero-order chi connectivity index (χ0) is 16.7. The average molecular weight is 356 g/mol. The summed E-state index contributed by atoms with van der Waals surface area (Å²) in [5.74, 6) is 0.633. The van der Waals surface area contributed by atoms with Gasteiger partial charge in [-0.15, -0.1) is 11.3 Å². The van der Waals surface area contributed by atoms with Crippen LogP contribution in [0.2, 0.25) is 0 Å². The number of nitrogens with zero attached hydrogens (tertiary/aromatic N) is 4. The molecule has 1 aromatic carbocycles. The van der Waals surface area contributed by atoms with Gasteiger partial charge in [0.25, 0.3) is 0 Å². The largest absolute Gasteiger partial charge is 0.234 e. The molecule has 0 unspecified atom stereocenters. The number of para-hydroxylation sites is 1. The summed E-state index contributed by atoms with van der Waals surface area (Å²) >= 11 is 1.56. The van der Waals surface area contributed by atoms with E-state index in [2.05, 4.69) is 15.1 Å². The van der Waals surface area contributed by atoms with E-state index in [0.717, 1.165) is 4.88 Å². The Hall–Kier alpha value is -2.58. The minimum atomic E-state index is -3.37. The smallest absolute Gasteiger partial charge is 0.177 e. The maximum absolute atomic E-state index is 12.0. The molecule has 0 amide bonds. The van der Waals surface area contributed by atoms with Crippen LogP contribution < -0.4 is 0 Å². The van der Waals surface area contributed by atoms with Crippen LogP contribution in [0, 0.1) is 0 Å². The monoisotopic (exact) mass is 356 g/mol. The van der Waals surface area contributed by atoms with E-state index < -0.39 is 9.84 Å². The first-order valence-electron chi connectivity index (χ1n) is 7.08. The van der Waals surface area contributed by atoms with Gasteiger partial charge in [-0.1, -0.05) is 18.2 Å².